The molecule has 0 saturated carbocycles. The van der Waals surface area contributed by atoms with Crippen LogP contribution in [-0.4, -0.2) is 47.8 Å². The second kappa shape index (κ2) is 11.1. The Hall–Kier alpha value is -3.22. The van der Waals surface area contributed by atoms with Crippen molar-refractivity contribution in [2.45, 2.75) is 52.1 Å². The Labute approximate surface area is 194 Å². The number of hydrogen-bond acceptors (Lipinski definition) is 3. The molecule has 0 bridgehead atoms. The van der Waals surface area contributed by atoms with Gasteiger partial charge in [0, 0.05) is 30.3 Å². The number of hydrogen-bond donors (Lipinski definition) is 2. The zero-order chi connectivity index (χ0) is 24.0. The highest BCUT2D eigenvalue weighted by atomic mass is 19.1. The van der Waals surface area contributed by atoms with Crippen LogP contribution >= 0.6 is 0 Å². The van der Waals surface area contributed by atoms with Crippen LogP contribution in [0.3, 0.4) is 0 Å². The number of nitrogens with zero attached hydrogens (tertiary/aromatic N) is 1. The number of rotatable bonds is 7. The van der Waals surface area contributed by atoms with Crippen LogP contribution in [0.15, 0.2) is 48.5 Å². The number of amides is 3. The molecule has 0 radical (unpaired) electrons. The first-order valence-corrected chi connectivity index (χ1v) is 11.5. The van der Waals surface area contributed by atoms with Gasteiger partial charge in [0.1, 0.15) is 11.9 Å². The normalized spacial score (nSPS) is 16.1. The van der Waals surface area contributed by atoms with Crippen molar-refractivity contribution in [3.8, 4) is 0 Å². The van der Waals surface area contributed by atoms with Crippen molar-refractivity contribution < 1.29 is 18.8 Å². The SMILES string of the molecule is CCC(C)NC(=O)C(NC(=O)c1ccccc1C)C1CCN(C(=O)c2ccc(F)cc2)CC1. The molecule has 1 fully saturated rings. The van der Waals surface area contributed by atoms with Gasteiger partial charge in [-0.25, -0.2) is 4.39 Å². The number of piperidine rings is 1. The largest absolute Gasteiger partial charge is 0.352 e. The monoisotopic (exact) mass is 453 g/mol. The van der Waals surface area contributed by atoms with Crippen molar-refractivity contribution in [3.05, 3.63) is 71.0 Å². The molecular formula is C26H32FN3O3. The summed E-state index contributed by atoms with van der Waals surface area (Å²) in [7, 11) is 0. The highest BCUT2D eigenvalue weighted by Gasteiger charge is 2.34. The molecule has 7 heteroatoms. The van der Waals surface area contributed by atoms with Crippen LogP contribution in [0.4, 0.5) is 4.39 Å². The average molecular weight is 454 g/mol. The van der Waals surface area contributed by atoms with Crippen LogP contribution in [0.2, 0.25) is 0 Å². The van der Waals surface area contributed by atoms with E-state index in [4.69, 9.17) is 0 Å². The Morgan fingerprint density at radius 2 is 1.67 bits per heavy atom. The summed E-state index contributed by atoms with van der Waals surface area (Å²) in [6.07, 6.45) is 1.95. The number of carbonyl (C=O) groups excluding carboxylic acids is 3. The Balaban J connectivity index is 1.71. The van der Waals surface area contributed by atoms with Crippen molar-refractivity contribution >= 4 is 17.7 Å². The first-order chi connectivity index (χ1) is 15.8. The highest BCUT2D eigenvalue weighted by Crippen LogP contribution is 2.23. The summed E-state index contributed by atoms with van der Waals surface area (Å²) in [4.78, 5) is 40.5. The Morgan fingerprint density at radius 3 is 2.27 bits per heavy atom. The number of benzene rings is 2. The number of carbonyl (C=O) groups is 3. The van der Waals surface area contributed by atoms with Gasteiger partial charge in [0.15, 0.2) is 0 Å². The van der Waals surface area contributed by atoms with Crippen molar-refractivity contribution in [2.75, 3.05) is 13.1 Å². The van der Waals surface area contributed by atoms with Crippen LogP contribution in [-0.2, 0) is 4.79 Å². The van der Waals surface area contributed by atoms with Crippen LogP contribution in [0.5, 0.6) is 0 Å². The minimum absolute atomic E-state index is 0.00416. The number of aryl methyl sites for hydroxylation is 1. The van der Waals surface area contributed by atoms with Crippen molar-refractivity contribution in [1.82, 2.24) is 15.5 Å². The maximum atomic E-state index is 13.2. The maximum absolute atomic E-state index is 13.2. The first-order valence-electron chi connectivity index (χ1n) is 11.5. The molecule has 2 N–H and O–H groups in total. The van der Waals surface area contributed by atoms with E-state index < -0.39 is 6.04 Å². The van der Waals surface area contributed by atoms with Crippen LogP contribution < -0.4 is 10.6 Å². The summed E-state index contributed by atoms with van der Waals surface area (Å²) >= 11 is 0. The lowest BCUT2D eigenvalue weighted by Gasteiger charge is -2.36. The quantitative estimate of drug-likeness (QED) is 0.671. The van der Waals surface area contributed by atoms with Gasteiger partial charge in [-0.15, -0.1) is 0 Å². The molecule has 0 spiro atoms. The lowest BCUT2D eigenvalue weighted by molar-refractivity contribution is -0.125. The van der Waals surface area contributed by atoms with E-state index in [-0.39, 0.29) is 35.5 Å². The molecule has 1 heterocycles. The fourth-order valence-corrected chi connectivity index (χ4v) is 4.09. The molecule has 3 amide bonds. The molecule has 2 unspecified atom stereocenters. The number of nitrogens with one attached hydrogen (secondary N) is 2. The first kappa shape index (κ1) is 24.4. The van der Waals surface area contributed by atoms with E-state index >= 15 is 0 Å². The lowest BCUT2D eigenvalue weighted by atomic mass is 9.88. The molecule has 33 heavy (non-hydrogen) atoms. The Morgan fingerprint density at radius 1 is 1.03 bits per heavy atom. The van der Waals surface area contributed by atoms with Gasteiger partial charge in [-0.1, -0.05) is 25.1 Å². The van der Waals surface area contributed by atoms with E-state index in [0.29, 0.717) is 37.1 Å². The summed E-state index contributed by atoms with van der Waals surface area (Å²) in [5.74, 6) is -1.11. The molecule has 1 aliphatic rings. The zero-order valence-electron chi connectivity index (χ0n) is 19.4. The zero-order valence-corrected chi connectivity index (χ0v) is 19.4. The molecule has 0 aliphatic carbocycles. The van der Waals surface area contributed by atoms with Gasteiger partial charge in [-0.3, -0.25) is 14.4 Å². The number of halogens is 1. The van der Waals surface area contributed by atoms with Gasteiger partial charge < -0.3 is 15.5 Å². The molecule has 2 aromatic carbocycles. The summed E-state index contributed by atoms with van der Waals surface area (Å²) in [5, 5.41) is 5.95. The summed E-state index contributed by atoms with van der Waals surface area (Å²) in [6.45, 7) is 6.72. The van der Waals surface area contributed by atoms with Crippen molar-refractivity contribution in [2.24, 2.45) is 5.92 Å². The van der Waals surface area contributed by atoms with Crippen LogP contribution in [0.25, 0.3) is 0 Å². The van der Waals surface area contributed by atoms with Crippen molar-refractivity contribution in [3.63, 3.8) is 0 Å². The minimum atomic E-state index is -0.686. The molecule has 1 saturated heterocycles. The summed E-state index contributed by atoms with van der Waals surface area (Å²) in [5.41, 5.74) is 1.83. The van der Waals surface area contributed by atoms with Gasteiger partial charge in [0.05, 0.1) is 0 Å². The van der Waals surface area contributed by atoms with Crippen molar-refractivity contribution in [1.29, 1.82) is 0 Å². The van der Waals surface area contributed by atoms with E-state index in [0.717, 1.165) is 12.0 Å². The number of likely N-dealkylation sites (tertiary alicyclic amines) is 1. The Kier molecular flexibility index (Phi) is 8.20. The van der Waals surface area contributed by atoms with E-state index in [1.54, 1.807) is 17.0 Å². The molecule has 3 rings (SSSR count). The third kappa shape index (κ3) is 6.18. The van der Waals surface area contributed by atoms with Gasteiger partial charge in [-0.05, 0) is 74.9 Å². The average Bonchev–Trinajstić information content (AvgIpc) is 2.82. The fourth-order valence-electron chi connectivity index (χ4n) is 4.09. The molecule has 1 aliphatic heterocycles. The molecule has 6 nitrogen and oxygen atoms in total. The molecule has 176 valence electrons. The second-order valence-electron chi connectivity index (χ2n) is 8.72. The maximum Gasteiger partial charge on any atom is 0.253 e. The van der Waals surface area contributed by atoms with Gasteiger partial charge in [-0.2, -0.15) is 0 Å². The third-order valence-corrected chi connectivity index (χ3v) is 6.35. The lowest BCUT2D eigenvalue weighted by Crippen LogP contribution is -2.55. The third-order valence-electron chi connectivity index (χ3n) is 6.35. The summed E-state index contributed by atoms with van der Waals surface area (Å²) < 4.78 is 13.2. The standard InChI is InChI=1S/C26H32FN3O3/c1-4-18(3)28-25(32)23(29-24(31)22-8-6-5-7-17(22)2)19-13-15-30(16-14-19)26(33)20-9-11-21(27)12-10-20/h5-12,18-19,23H,4,13-16H2,1-3H3,(H,28,32)(H,29,31). The summed E-state index contributed by atoms with van der Waals surface area (Å²) in [6, 6.07) is 12.1. The fraction of sp³-hybridized carbons (Fsp3) is 0.423. The molecule has 0 aromatic heterocycles. The predicted molar refractivity (Wildman–Crippen MR) is 125 cm³/mol. The highest BCUT2D eigenvalue weighted by molar-refractivity contribution is 5.98. The molecule has 2 aromatic rings. The van der Waals surface area contributed by atoms with Gasteiger partial charge in [0.25, 0.3) is 11.8 Å². The predicted octanol–water partition coefficient (Wildman–Crippen LogP) is 3.70. The van der Waals surface area contributed by atoms with Gasteiger partial charge >= 0.3 is 0 Å². The second-order valence-corrected chi connectivity index (χ2v) is 8.72. The van der Waals surface area contributed by atoms with Gasteiger partial charge in [0.2, 0.25) is 5.91 Å². The van der Waals surface area contributed by atoms with E-state index in [9.17, 15) is 18.8 Å². The topological polar surface area (TPSA) is 78.5 Å². The smallest absolute Gasteiger partial charge is 0.253 e. The van der Waals surface area contributed by atoms with E-state index in [1.807, 2.05) is 32.9 Å². The van der Waals surface area contributed by atoms with E-state index in [2.05, 4.69) is 10.6 Å². The molecule has 2 atom stereocenters. The van der Waals surface area contributed by atoms with Crippen LogP contribution in [0, 0.1) is 18.7 Å². The minimum Gasteiger partial charge on any atom is -0.352 e. The van der Waals surface area contributed by atoms with Crippen LogP contribution in [0.1, 0.15) is 59.4 Å². The molecular weight excluding hydrogens is 421 g/mol. The Bertz CT molecular complexity index is 985. The van der Waals surface area contributed by atoms with E-state index in [1.165, 1.54) is 24.3 Å².